The van der Waals surface area contributed by atoms with E-state index in [-0.39, 0.29) is 5.69 Å². The molecular formula is C10H12N4O3. The lowest BCUT2D eigenvalue weighted by atomic mass is 10.1. The number of hydrazine groups is 1. The van der Waals surface area contributed by atoms with Crippen LogP contribution < -0.4 is 5.84 Å². The van der Waals surface area contributed by atoms with Gasteiger partial charge in [0.1, 0.15) is 0 Å². The van der Waals surface area contributed by atoms with E-state index in [0.717, 1.165) is 0 Å². The Morgan fingerprint density at radius 1 is 1.53 bits per heavy atom. The van der Waals surface area contributed by atoms with Gasteiger partial charge in [-0.25, -0.2) is 10.9 Å². The Morgan fingerprint density at radius 3 is 2.76 bits per heavy atom. The molecule has 0 amide bonds. The number of non-ortho nitro benzene ring substituents is 1. The summed E-state index contributed by atoms with van der Waals surface area (Å²) in [5.74, 6) is 6.20. The molecule has 2 N–H and O–H groups in total. The van der Waals surface area contributed by atoms with Crippen molar-refractivity contribution in [1.82, 2.24) is 5.01 Å². The van der Waals surface area contributed by atoms with Gasteiger partial charge in [0.2, 0.25) is 5.72 Å². The van der Waals surface area contributed by atoms with Crippen molar-refractivity contribution in [1.29, 1.82) is 0 Å². The van der Waals surface area contributed by atoms with Crippen LogP contribution in [0.4, 0.5) is 5.69 Å². The van der Waals surface area contributed by atoms with Crippen LogP contribution in [0, 0.1) is 10.1 Å². The lowest BCUT2D eigenvalue weighted by Gasteiger charge is -2.25. The van der Waals surface area contributed by atoms with Gasteiger partial charge in [-0.2, -0.15) is 0 Å². The van der Waals surface area contributed by atoms with Gasteiger partial charge < -0.3 is 4.84 Å². The molecule has 1 aromatic carbocycles. The van der Waals surface area contributed by atoms with Gasteiger partial charge in [0.05, 0.1) is 4.92 Å². The molecule has 90 valence electrons. The molecule has 0 saturated heterocycles. The first-order valence-corrected chi connectivity index (χ1v) is 4.98. The second kappa shape index (κ2) is 3.70. The normalized spacial score (nSPS) is 17.6. The fourth-order valence-electron chi connectivity index (χ4n) is 1.45. The number of nitrogens with zero attached hydrogens (tertiary/aromatic N) is 3. The molecule has 1 heterocycles. The van der Waals surface area contributed by atoms with Gasteiger partial charge in [-0.15, -0.1) is 0 Å². The summed E-state index contributed by atoms with van der Waals surface area (Å²) >= 11 is 0. The Morgan fingerprint density at radius 2 is 2.24 bits per heavy atom. The summed E-state index contributed by atoms with van der Waals surface area (Å²) in [6.07, 6.45) is 0. The number of rotatable bonds is 2. The molecule has 2 rings (SSSR count). The van der Waals surface area contributed by atoms with E-state index in [4.69, 9.17) is 10.7 Å². The third-order valence-electron chi connectivity index (χ3n) is 2.48. The Hall–Kier alpha value is -2.15. The van der Waals surface area contributed by atoms with Crippen LogP contribution in [0.3, 0.4) is 0 Å². The number of nitro groups is 1. The fourth-order valence-corrected chi connectivity index (χ4v) is 1.45. The largest absolute Gasteiger partial charge is 0.364 e. The van der Waals surface area contributed by atoms with Crippen molar-refractivity contribution in [3.63, 3.8) is 0 Å². The van der Waals surface area contributed by atoms with E-state index in [1.807, 2.05) is 0 Å². The highest BCUT2D eigenvalue weighted by Crippen LogP contribution is 2.24. The maximum atomic E-state index is 10.7. The maximum absolute atomic E-state index is 10.7. The summed E-state index contributed by atoms with van der Waals surface area (Å²) in [7, 11) is 0. The molecule has 7 nitrogen and oxygen atoms in total. The van der Waals surface area contributed by atoms with E-state index in [9.17, 15) is 10.1 Å². The molecule has 0 bridgehead atoms. The Bertz CT molecular complexity index is 498. The number of hydrogen-bond donors (Lipinski definition) is 1. The fraction of sp³-hybridized carbons (Fsp3) is 0.300. The van der Waals surface area contributed by atoms with Gasteiger partial charge in [-0.1, -0.05) is 17.3 Å². The quantitative estimate of drug-likeness (QED) is 0.473. The smallest absolute Gasteiger partial charge is 0.270 e. The number of amidine groups is 1. The second-order valence-electron chi connectivity index (χ2n) is 4.13. The van der Waals surface area contributed by atoms with Crippen LogP contribution in [0.25, 0.3) is 0 Å². The number of benzene rings is 1. The summed E-state index contributed by atoms with van der Waals surface area (Å²) in [6.45, 7) is 3.50. The Balaban J connectivity index is 2.36. The van der Waals surface area contributed by atoms with Gasteiger partial charge in [0.25, 0.3) is 5.69 Å². The van der Waals surface area contributed by atoms with Crippen LogP contribution in [0.1, 0.15) is 19.4 Å². The second-order valence-corrected chi connectivity index (χ2v) is 4.13. The van der Waals surface area contributed by atoms with Gasteiger partial charge in [0.15, 0.2) is 5.84 Å². The highest BCUT2D eigenvalue weighted by atomic mass is 16.7. The van der Waals surface area contributed by atoms with Gasteiger partial charge >= 0.3 is 0 Å². The minimum absolute atomic E-state index is 0.0108. The molecule has 0 aliphatic carbocycles. The van der Waals surface area contributed by atoms with Crippen molar-refractivity contribution in [3.05, 3.63) is 39.9 Å². The van der Waals surface area contributed by atoms with Crippen LogP contribution in [0.15, 0.2) is 29.4 Å². The average Bonchev–Trinajstić information content (AvgIpc) is 2.54. The highest BCUT2D eigenvalue weighted by Gasteiger charge is 2.36. The van der Waals surface area contributed by atoms with Crippen LogP contribution in [0.2, 0.25) is 0 Å². The van der Waals surface area contributed by atoms with E-state index in [2.05, 4.69) is 5.16 Å². The van der Waals surface area contributed by atoms with Crippen LogP contribution in [0.5, 0.6) is 0 Å². The predicted octanol–water partition coefficient (Wildman–Crippen LogP) is 1.20. The first-order valence-electron chi connectivity index (χ1n) is 4.98. The van der Waals surface area contributed by atoms with Crippen LogP contribution in [-0.4, -0.2) is 21.5 Å². The molecule has 0 spiro atoms. The van der Waals surface area contributed by atoms with Gasteiger partial charge in [-0.3, -0.25) is 10.1 Å². The van der Waals surface area contributed by atoms with Crippen molar-refractivity contribution in [2.24, 2.45) is 11.0 Å². The number of oxime groups is 1. The zero-order valence-corrected chi connectivity index (χ0v) is 9.45. The Labute approximate surface area is 97.6 Å². The van der Waals surface area contributed by atoms with E-state index in [1.165, 1.54) is 17.1 Å². The molecule has 0 saturated carbocycles. The summed E-state index contributed by atoms with van der Waals surface area (Å²) in [5.41, 5.74) is -0.212. The molecule has 0 unspecified atom stereocenters. The van der Waals surface area contributed by atoms with Crippen molar-refractivity contribution >= 4 is 11.5 Å². The highest BCUT2D eigenvalue weighted by molar-refractivity contribution is 5.99. The molecule has 0 fully saturated rings. The van der Waals surface area contributed by atoms with Gasteiger partial charge in [-0.05, 0) is 13.8 Å². The topological polar surface area (TPSA) is 94.0 Å². The molecule has 1 aliphatic rings. The van der Waals surface area contributed by atoms with Crippen molar-refractivity contribution in [2.75, 3.05) is 0 Å². The van der Waals surface area contributed by atoms with Crippen molar-refractivity contribution in [2.45, 2.75) is 19.6 Å². The summed E-state index contributed by atoms with van der Waals surface area (Å²) in [6, 6.07) is 6.08. The minimum atomic E-state index is -0.750. The van der Waals surface area contributed by atoms with E-state index < -0.39 is 10.6 Å². The van der Waals surface area contributed by atoms with Crippen molar-refractivity contribution < 1.29 is 9.76 Å². The first kappa shape index (κ1) is 11.3. The number of hydrogen-bond acceptors (Lipinski definition) is 6. The molecule has 0 atom stereocenters. The number of nitro benzene ring substituents is 1. The average molecular weight is 236 g/mol. The van der Waals surface area contributed by atoms with Gasteiger partial charge in [0, 0.05) is 17.7 Å². The lowest BCUT2D eigenvalue weighted by Crippen LogP contribution is -2.49. The molecule has 0 radical (unpaired) electrons. The summed E-state index contributed by atoms with van der Waals surface area (Å²) < 4.78 is 0. The first-order chi connectivity index (χ1) is 7.92. The van der Waals surface area contributed by atoms with E-state index in [1.54, 1.807) is 26.0 Å². The molecule has 1 aromatic rings. The Kier molecular flexibility index (Phi) is 2.47. The number of nitrogens with two attached hydrogens (primary N) is 1. The third-order valence-corrected chi connectivity index (χ3v) is 2.48. The zero-order valence-electron chi connectivity index (χ0n) is 9.45. The molecule has 1 aliphatic heterocycles. The zero-order chi connectivity index (χ0) is 12.6. The van der Waals surface area contributed by atoms with Crippen molar-refractivity contribution in [3.8, 4) is 0 Å². The molecule has 17 heavy (non-hydrogen) atoms. The summed E-state index contributed by atoms with van der Waals surface area (Å²) in [5, 5.41) is 15.8. The SMILES string of the molecule is CC1(C)ON=C(c2cccc([N+](=O)[O-])c2)N1N. The minimum Gasteiger partial charge on any atom is -0.364 e. The monoisotopic (exact) mass is 236 g/mol. The standard InChI is InChI=1S/C10H12N4O3/c1-10(2)13(11)9(12-17-10)7-4-3-5-8(6-7)14(15)16/h3-6H,11H2,1-2H3. The molecule has 7 heteroatoms. The van der Waals surface area contributed by atoms with Crippen LogP contribution >= 0.6 is 0 Å². The molecular weight excluding hydrogens is 224 g/mol. The lowest BCUT2D eigenvalue weighted by molar-refractivity contribution is -0.384. The van der Waals surface area contributed by atoms with Crippen LogP contribution in [-0.2, 0) is 4.84 Å². The third kappa shape index (κ3) is 1.92. The maximum Gasteiger partial charge on any atom is 0.270 e. The molecule has 0 aromatic heterocycles. The summed E-state index contributed by atoms with van der Waals surface area (Å²) in [4.78, 5) is 15.3. The van der Waals surface area contributed by atoms with E-state index >= 15 is 0 Å². The predicted molar refractivity (Wildman–Crippen MR) is 60.8 cm³/mol. The van der Waals surface area contributed by atoms with E-state index in [0.29, 0.717) is 11.4 Å².